The monoisotopic (exact) mass is 1470 g/mol. The minimum atomic E-state index is -1.76. The van der Waals surface area contributed by atoms with Gasteiger partial charge in [0.1, 0.15) is 66.5 Å². The van der Waals surface area contributed by atoms with Crippen LogP contribution in [0, 0.1) is 23.7 Å². The Morgan fingerprint density at radius 3 is 1.42 bits per heavy atom. The molecule has 3 aromatic carbocycles. The third kappa shape index (κ3) is 25.8. The summed E-state index contributed by atoms with van der Waals surface area (Å²) in [7, 11) is 8.32. The molecule has 0 aromatic heterocycles. The molecule has 106 heavy (non-hydrogen) atoms. The number of likely N-dealkylation sites (tertiary alicyclic amines) is 1. The molecule has 7 N–H and O–H groups in total. The van der Waals surface area contributed by atoms with Gasteiger partial charge in [0, 0.05) is 87.6 Å². The maximum Gasteiger partial charge on any atom is 0.246 e. The van der Waals surface area contributed by atoms with Crippen LogP contribution in [0.1, 0.15) is 151 Å². The fourth-order valence-corrected chi connectivity index (χ4v) is 13.4. The normalized spacial score (nSPS) is 23.7. The SMILES string of the molecule is CC(C)C[C@@H]1NC(=O)[C@H](CC(C)C)N(C)C(=O)CCN(C)C(=O)C[C@@H](C(=O)N(C)[C@@H](Cc2ccccc2)C(=O)N[C@@H](C)C(=O)N2CCCCC2)NC(=O)[C@H](CC(C)C)N(C)C(=O)[C@H](Cc2ccccc2)NC(=O)[C@H](Cc2ccccc2)N(C)C(=O)[C@H](C)NC(=O)[C@H]([C@@H](C)O)NC(=O)[C@H](CC(C)C)N(C)C1=O. The van der Waals surface area contributed by atoms with Crippen LogP contribution >= 0.6 is 0 Å². The molecule has 5 rings (SSSR count). The number of aliphatic hydroxyl groups is 1. The van der Waals surface area contributed by atoms with Crippen molar-refractivity contribution in [3.8, 4) is 0 Å². The molecule has 2 saturated heterocycles. The van der Waals surface area contributed by atoms with E-state index >= 15 is 19.2 Å². The van der Waals surface area contributed by atoms with Crippen LogP contribution in [0.15, 0.2) is 91.0 Å². The van der Waals surface area contributed by atoms with Gasteiger partial charge < -0.3 is 71.3 Å². The quantitative estimate of drug-likeness (QED) is 0.0850. The highest BCUT2D eigenvalue weighted by Gasteiger charge is 2.43. The molecular weight excluding hydrogens is 1350 g/mol. The maximum atomic E-state index is 15.6. The molecule has 2 aliphatic rings. The third-order valence-corrected chi connectivity index (χ3v) is 19.8. The van der Waals surface area contributed by atoms with Gasteiger partial charge >= 0.3 is 0 Å². The van der Waals surface area contributed by atoms with E-state index in [2.05, 4.69) is 31.9 Å². The van der Waals surface area contributed by atoms with Crippen molar-refractivity contribution in [1.29, 1.82) is 0 Å². The van der Waals surface area contributed by atoms with Gasteiger partial charge in [0.15, 0.2) is 0 Å². The van der Waals surface area contributed by atoms with Crippen molar-refractivity contribution in [3.05, 3.63) is 108 Å². The molecule has 12 atom stereocenters. The molecule has 2 fully saturated rings. The van der Waals surface area contributed by atoms with E-state index in [9.17, 15) is 48.3 Å². The molecular formula is C79H119N13O14. The van der Waals surface area contributed by atoms with Crippen LogP contribution in [-0.4, -0.2) is 251 Å². The number of aliphatic hydroxyl groups excluding tert-OH is 1. The zero-order chi connectivity index (χ0) is 79.0. The van der Waals surface area contributed by atoms with E-state index in [1.54, 1.807) is 103 Å². The molecule has 0 radical (unpaired) electrons. The summed E-state index contributed by atoms with van der Waals surface area (Å²) in [6.07, 6.45) is -0.144. The number of hydrogen-bond donors (Lipinski definition) is 7. The van der Waals surface area contributed by atoms with Gasteiger partial charge in [0.05, 0.1) is 12.5 Å². The van der Waals surface area contributed by atoms with Gasteiger partial charge in [0.25, 0.3) is 0 Å². The molecule has 0 spiro atoms. The summed E-state index contributed by atoms with van der Waals surface area (Å²) in [6, 6.07) is 11.2. The number of carbonyl (C=O) groups is 13. The summed E-state index contributed by atoms with van der Waals surface area (Å²) >= 11 is 0. The summed E-state index contributed by atoms with van der Waals surface area (Å²) < 4.78 is 0. The summed E-state index contributed by atoms with van der Waals surface area (Å²) in [5, 5.41) is 27.9. The van der Waals surface area contributed by atoms with Crippen molar-refractivity contribution in [2.45, 2.75) is 226 Å². The average molecular weight is 1470 g/mol. The van der Waals surface area contributed by atoms with E-state index in [1.165, 1.54) is 70.8 Å². The number of piperidine rings is 1. The van der Waals surface area contributed by atoms with E-state index in [4.69, 9.17) is 0 Å². The van der Waals surface area contributed by atoms with Gasteiger partial charge in [0.2, 0.25) is 76.8 Å². The number of nitrogens with one attached hydrogen (secondary N) is 6. The van der Waals surface area contributed by atoms with Crippen LogP contribution in [0.4, 0.5) is 0 Å². The molecule has 0 unspecified atom stereocenters. The largest absolute Gasteiger partial charge is 0.391 e. The summed E-state index contributed by atoms with van der Waals surface area (Å²) in [4.78, 5) is 202. The van der Waals surface area contributed by atoms with E-state index < -0.39 is 150 Å². The fraction of sp³-hybridized carbons (Fsp3) is 0.608. The van der Waals surface area contributed by atoms with Crippen LogP contribution in [0.25, 0.3) is 0 Å². The predicted molar refractivity (Wildman–Crippen MR) is 403 cm³/mol. The molecule has 27 heteroatoms. The minimum Gasteiger partial charge on any atom is -0.391 e. The van der Waals surface area contributed by atoms with E-state index in [0.29, 0.717) is 29.8 Å². The van der Waals surface area contributed by atoms with Gasteiger partial charge in [-0.1, -0.05) is 146 Å². The number of amides is 13. The Bertz CT molecular complexity index is 3460. The first-order chi connectivity index (χ1) is 49.9. The lowest BCUT2D eigenvalue weighted by atomic mass is 9.97. The van der Waals surface area contributed by atoms with Gasteiger partial charge in [-0.15, -0.1) is 0 Å². The summed E-state index contributed by atoms with van der Waals surface area (Å²) in [6.45, 7) is 19.6. The predicted octanol–water partition coefficient (Wildman–Crippen LogP) is 3.63. The second-order valence-corrected chi connectivity index (χ2v) is 30.5. The lowest BCUT2D eigenvalue weighted by molar-refractivity contribution is -0.147. The highest BCUT2D eigenvalue weighted by molar-refractivity contribution is 6.00. The van der Waals surface area contributed by atoms with E-state index in [1.807, 2.05) is 55.4 Å². The standard InChI is InChI=1S/C79H119N13O14/c1-48(2)40-58-77(104)90(16)63(43-51(7)8)73(100)85-68(54(11)93)74(101)81-52(9)75(102)88(14)65(46-57-34-26-20-27-35-57)72(99)83-59(44-55-30-22-18-23-31-55)78(105)89(15)62(42-50(5)6)71(98)84-60(47-67(95)86(12)39-36-66(94)87(13)61(41-49(3)4)70(97)82-58)79(106)91(17)64(45-56-32-24-19-25-33-56)69(96)80-53(10)76(103)92-37-28-21-29-38-92/h18-20,22-27,30-35,48-54,58-65,68,93H,21,28-29,36-47H2,1-17H3,(H,80,96)(H,81,101)(H,82,97)(H,83,99)(H,84,98)(H,85,100)/t52-,53-,54+,58-,59-,60-,61-,62-,63-,64-,65-,68-/m0/s1. The van der Waals surface area contributed by atoms with Crippen LogP contribution in [0.3, 0.4) is 0 Å². The van der Waals surface area contributed by atoms with Crippen LogP contribution in [0.2, 0.25) is 0 Å². The summed E-state index contributed by atoms with van der Waals surface area (Å²) in [5.74, 6) is -10.5. The van der Waals surface area contributed by atoms with Crippen LogP contribution < -0.4 is 31.9 Å². The second-order valence-electron chi connectivity index (χ2n) is 30.5. The smallest absolute Gasteiger partial charge is 0.246 e. The van der Waals surface area contributed by atoms with Crippen molar-refractivity contribution in [3.63, 3.8) is 0 Å². The number of likely N-dealkylation sites (N-methyl/N-ethyl adjacent to an activating group) is 5. The zero-order valence-electron chi connectivity index (χ0n) is 65.4. The van der Waals surface area contributed by atoms with Crippen molar-refractivity contribution in [1.82, 2.24) is 66.2 Å². The highest BCUT2D eigenvalue weighted by Crippen LogP contribution is 2.23. The van der Waals surface area contributed by atoms with Gasteiger partial charge in [-0.25, -0.2) is 0 Å². The van der Waals surface area contributed by atoms with Crippen molar-refractivity contribution in [2.24, 2.45) is 23.7 Å². The topological polar surface area (TPSA) is 337 Å². The van der Waals surface area contributed by atoms with Crippen LogP contribution in [-0.2, 0) is 81.6 Å². The molecule has 584 valence electrons. The van der Waals surface area contributed by atoms with Gasteiger partial charge in [-0.3, -0.25) is 62.3 Å². The Balaban J connectivity index is 1.69. The Morgan fingerprint density at radius 2 is 0.925 bits per heavy atom. The molecule has 27 nitrogen and oxygen atoms in total. The van der Waals surface area contributed by atoms with Gasteiger partial charge in [-0.2, -0.15) is 0 Å². The van der Waals surface area contributed by atoms with Crippen molar-refractivity contribution in [2.75, 3.05) is 61.9 Å². The van der Waals surface area contributed by atoms with Crippen LogP contribution in [0.5, 0.6) is 0 Å². The third-order valence-electron chi connectivity index (χ3n) is 19.8. The zero-order valence-corrected chi connectivity index (χ0v) is 65.4. The lowest BCUT2D eigenvalue weighted by Crippen LogP contribution is -2.62. The number of nitrogens with zero attached hydrogens (tertiary/aromatic N) is 7. The Kier molecular flexibility index (Phi) is 34.3. The molecule has 2 aliphatic heterocycles. The number of carbonyl (C=O) groups excluding carboxylic acids is 13. The second kappa shape index (κ2) is 41.6. The number of benzene rings is 3. The van der Waals surface area contributed by atoms with Crippen molar-refractivity contribution < 1.29 is 67.4 Å². The first kappa shape index (κ1) is 87.4. The molecule has 3 aromatic rings. The fourth-order valence-electron chi connectivity index (χ4n) is 13.4. The Morgan fingerprint density at radius 1 is 0.491 bits per heavy atom. The molecule has 0 aliphatic carbocycles. The average Bonchev–Trinajstić information content (AvgIpc) is 0.827. The highest BCUT2D eigenvalue weighted by atomic mass is 16.3. The molecule has 0 saturated carbocycles. The van der Waals surface area contributed by atoms with Crippen molar-refractivity contribution >= 4 is 76.8 Å². The summed E-state index contributed by atoms with van der Waals surface area (Å²) in [5.41, 5.74) is 1.84. The first-order valence-corrected chi connectivity index (χ1v) is 37.4. The minimum absolute atomic E-state index is 0.0283. The molecule has 13 amide bonds. The first-order valence-electron chi connectivity index (χ1n) is 37.4. The molecule has 2 heterocycles. The Hall–Kier alpha value is -9.27. The van der Waals surface area contributed by atoms with Gasteiger partial charge in [-0.05, 0) is 106 Å². The van der Waals surface area contributed by atoms with E-state index in [0.717, 1.165) is 34.0 Å². The lowest BCUT2D eigenvalue weighted by Gasteiger charge is -2.36. The number of rotatable bonds is 20. The molecule has 0 bridgehead atoms. The number of hydrogen-bond acceptors (Lipinski definition) is 14. The maximum absolute atomic E-state index is 15.6. The Labute approximate surface area is 626 Å². The van der Waals surface area contributed by atoms with E-state index in [-0.39, 0.29) is 87.5 Å².